The van der Waals surface area contributed by atoms with E-state index in [1.807, 2.05) is 44.2 Å². The maximum atomic E-state index is 12.6. The molecule has 0 spiro atoms. The molecule has 3 rings (SSSR count). The Morgan fingerprint density at radius 2 is 1.84 bits per heavy atom. The fourth-order valence-corrected chi connectivity index (χ4v) is 3.29. The largest absolute Gasteiger partial charge is 0.481 e. The summed E-state index contributed by atoms with van der Waals surface area (Å²) >= 11 is 0. The number of hydrogen-bond acceptors (Lipinski definition) is 4. The highest BCUT2D eigenvalue weighted by molar-refractivity contribution is 5.92. The number of nitrogens with zero attached hydrogens (tertiary/aromatic N) is 2. The van der Waals surface area contributed by atoms with Gasteiger partial charge in [0, 0.05) is 19.2 Å². The predicted molar refractivity (Wildman–Crippen MR) is 91.5 cm³/mol. The quantitative estimate of drug-likeness (QED) is 0.923. The molecule has 1 N–H and O–H groups in total. The molecule has 1 amide bonds. The van der Waals surface area contributed by atoms with E-state index in [9.17, 15) is 14.7 Å². The first-order valence-electron chi connectivity index (χ1n) is 8.49. The summed E-state index contributed by atoms with van der Waals surface area (Å²) < 4.78 is 5.17. The van der Waals surface area contributed by atoms with Crippen molar-refractivity contribution in [3.05, 3.63) is 53.4 Å². The number of aromatic nitrogens is 1. The Morgan fingerprint density at radius 1 is 1.20 bits per heavy atom. The number of carbonyl (C=O) groups excluding carboxylic acids is 1. The van der Waals surface area contributed by atoms with Crippen LogP contribution in [0.3, 0.4) is 0 Å². The number of amides is 1. The van der Waals surface area contributed by atoms with Crippen molar-refractivity contribution in [2.45, 2.75) is 38.0 Å². The topological polar surface area (TPSA) is 83.6 Å². The summed E-state index contributed by atoms with van der Waals surface area (Å²) in [4.78, 5) is 26.2. The molecule has 25 heavy (non-hydrogen) atoms. The predicted octanol–water partition coefficient (Wildman–Crippen LogP) is 3.06. The van der Waals surface area contributed by atoms with Gasteiger partial charge in [-0.25, -0.2) is 0 Å². The minimum atomic E-state index is -0.942. The molecule has 6 nitrogen and oxygen atoms in total. The van der Waals surface area contributed by atoms with Crippen molar-refractivity contribution in [3.63, 3.8) is 0 Å². The second kappa shape index (κ2) is 6.70. The summed E-state index contributed by atoms with van der Waals surface area (Å²) in [7, 11) is 0. The molecule has 1 aliphatic rings. The van der Waals surface area contributed by atoms with Crippen LogP contribution in [-0.2, 0) is 10.2 Å². The Balaban J connectivity index is 1.75. The minimum absolute atomic E-state index is 0.185. The highest BCUT2D eigenvalue weighted by atomic mass is 16.5. The summed E-state index contributed by atoms with van der Waals surface area (Å²) in [5, 5.41) is 13.7. The Morgan fingerprint density at radius 3 is 2.36 bits per heavy atom. The molecular formula is C19H22N2O4. The van der Waals surface area contributed by atoms with Crippen LogP contribution in [0, 0.1) is 0 Å². The van der Waals surface area contributed by atoms with E-state index in [1.165, 1.54) is 0 Å². The molecule has 1 fully saturated rings. The van der Waals surface area contributed by atoms with Crippen molar-refractivity contribution in [2.75, 3.05) is 13.1 Å². The van der Waals surface area contributed by atoms with Gasteiger partial charge in [0.25, 0.3) is 5.91 Å². The van der Waals surface area contributed by atoms with Crippen LogP contribution in [0.15, 0.2) is 40.9 Å². The van der Waals surface area contributed by atoms with E-state index in [4.69, 9.17) is 4.52 Å². The van der Waals surface area contributed by atoms with Gasteiger partial charge in [-0.05, 0) is 24.3 Å². The summed E-state index contributed by atoms with van der Waals surface area (Å²) in [6.07, 6.45) is 0.756. The van der Waals surface area contributed by atoms with Crippen LogP contribution in [0.4, 0.5) is 0 Å². The Hall–Kier alpha value is -2.63. The van der Waals surface area contributed by atoms with Gasteiger partial charge in [-0.3, -0.25) is 9.59 Å². The van der Waals surface area contributed by atoms with Crippen LogP contribution < -0.4 is 0 Å². The van der Waals surface area contributed by atoms with Crippen molar-refractivity contribution in [1.29, 1.82) is 0 Å². The lowest BCUT2D eigenvalue weighted by atomic mass is 9.73. The molecule has 0 bridgehead atoms. The molecule has 0 atom stereocenters. The van der Waals surface area contributed by atoms with Gasteiger partial charge in [0.15, 0.2) is 0 Å². The Bertz CT molecular complexity index is 759. The second-order valence-electron chi connectivity index (χ2n) is 6.82. The van der Waals surface area contributed by atoms with E-state index in [0.717, 1.165) is 11.3 Å². The molecule has 6 heteroatoms. The summed E-state index contributed by atoms with van der Waals surface area (Å²) in [5.74, 6) is -0.672. The van der Waals surface area contributed by atoms with Gasteiger partial charge in [0.1, 0.15) is 0 Å². The molecule has 1 saturated heterocycles. The van der Waals surface area contributed by atoms with Gasteiger partial charge in [0.2, 0.25) is 5.76 Å². The van der Waals surface area contributed by atoms with Crippen molar-refractivity contribution < 1.29 is 19.2 Å². The van der Waals surface area contributed by atoms with Gasteiger partial charge in [-0.15, -0.1) is 0 Å². The zero-order valence-corrected chi connectivity index (χ0v) is 14.4. The van der Waals surface area contributed by atoms with Crippen molar-refractivity contribution >= 4 is 11.9 Å². The maximum Gasteiger partial charge on any atom is 0.314 e. The van der Waals surface area contributed by atoms with E-state index in [-0.39, 0.29) is 17.6 Å². The lowest BCUT2D eigenvalue weighted by Crippen LogP contribution is -2.49. The normalized spacial score (nSPS) is 16.8. The molecular weight excluding hydrogens is 320 g/mol. The van der Waals surface area contributed by atoms with Crippen molar-refractivity contribution in [2.24, 2.45) is 0 Å². The molecule has 1 aromatic heterocycles. The van der Waals surface area contributed by atoms with Crippen molar-refractivity contribution in [3.8, 4) is 0 Å². The SMILES string of the molecule is CC(C)c1cc(C(=O)N2CCC(C(=O)O)(c3ccccc3)CC2)on1. The zero-order chi connectivity index (χ0) is 18.0. The zero-order valence-electron chi connectivity index (χ0n) is 14.4. The van der Waals surface area contributed by atoms with Gasteiger partial charge in [-0.2, -0.15) is 0 Å². The molecule has 0 aliphatic carbocycles. The molecule has 1 aliphatic heterocycles. The first kappa shape index (κ1) is 17.2. The van der Waals surface area contributed by atoms with Crippen molar-refractivity contribution in [1.82, 2.24) is 10.1 Å². The first-order chi connectivity index (χ1) is 11.9. The highest BCUT2D eigenvalue weighted by Gasteiger charge is 2.44. The molecule has 0 unspecified atom stereocenters. The first-order valence-corrected chi connectivity index (χ1v) is 8.49. The van der Waals surface area contributed by atoms with E-state index in [2.05, 4.69) is 5.16 Å². The number of carboxylic acids is 1. The Labute approximate surface area is 146 Å². The van der Waals surface area contributed by atoms with Crippen LogP contribution in [0.2, 0.25) is 0 Å². The van der Waals surface area contributed by atoms with Gasteiger partial charge < -0.3 is 14.5 Å². The number of hydrogen-bond donors (Lipinski definition) is 1. The number of benzene rings is 1. The fourth-order valence-electron chi connectivity index (χ4n) is 3.29. The highest BCUT2D eigenvalue weighted by Crippen LogP contribution is 2.36. The van der Waals surface area contributed by atoms with E-state index in [1.54, 1.807) is 11.0 Å². The molecule has 0 radical (unpaired) electrons. The third-order valence-electron chi connectivity index (χ3n) is 4.97. The molecule has 0 saturated carbocycles. The van der Waals surface area contributed by atoms with Gasteiger partial charge in [0.05, 0.1) is 11.1 Å². The molecule has 2 heterocycles. The number of carboxylic acid groups (broad SMARTS) is 1. The average Bonchev–Trinajstić information content (AvgIpc) is 3.12. The van der Waals surface area contributed by atoms with E-state index in [0.29, 0.717) is 25.9 Å². The van der Waals surface area contributed by atoms with Gasteiger partial charge in [-0.1, -0.05) is 49.3 Å². The van der Waals surface area contributed by atoms with Crippen LogP contribution in [0.1, 0.15) is 54.4 Å². The van der Waals surface area contributed by atoms with E-state index >= 15 is 0 Å². The molecule has 132 valence electrons. The number of aliphatic carboxylic acids is 1. The maximum absolute atomic E-state index is 12.6. The monoisotopic (exact) mass is 342 g/mol. The van der Waals surface area contributed by atoms with Crippen LogP contribution in [0.5, 0.6) is 0 Å². The second-order valence-corrected chi connectivity index (χ2v) is 6.82. The summed E-state index contributed by atoms with van der Waals surface area (Å²) in [5.41, 5.74) is 0.587. The van der Waals surface area contributed by atoms with Crippen LogP contribution in [-0.4, -0.2) is 40.1 Å². The standard InChI is InChI=1S/C19H22N2O4/c1-13(2)15-12-16(25-20-15)17(22)21-10-8-19(9-11-21,18(23)24)14-6-4-3-5-7-14/h3-7,12-13H,8-11H2,1-2H3,(H,23,24). The number of rotatable bonds is 4. The summed E-state index contributed by atoms with van der Waals surface area (Å²) in [6, 6.07) is 10.9. The molecule has 1 aromatic carbocycles. The number of carbonyl (C=O) groups is 2. The lowest BCUT2D eigenvalue weighted by Gasteiger charge is -2.38. The minimum Gasteiger partial charge on any atom is -0.481 e. The lowest BCUT2D eigenvalue weighted by molar-refractivity contribution is -0.145. The number of piperidine rings is 1. The summed E-state index contributed by atoms with van der Waals surface area (Å²) in [6.45, 7) is 4.71. The van der Waals surface area contributed by atoms with E-state index < -0.39 is 11.4 Å². The fraction of sp³-hybridized carbons (Fsp3) is 0.421. The number of likely N-dealkylation sites (tertiary alicyclic amines) is 1. The van der Waals surface area contributed by atoms with Gasteiger partial charge >= 0.3 is 5.97 Å². The Kier molecular flexibility index (Phi) is 4.61. The third-order valence-corrected chi connectivity index (χ3v) is 4.97. The average molecular weight is 342 g/mol. The molecule has 2 aromatic rings. The van der Waals surface area contributed by atoms with Crippen LogP contribution in [0.25, 0.3) is 0 Å². The van der Waals surface area contributed by atoms with Crippen LogP contribution >= 0.6 is 0 Å². The smallest absolute Gasteiger partial charge is 0.314 e. The third kappa shape index (κ3) is 3.16.